The van der Waals surface area contributed by atoms with Gasteiger partial charge >= 0.3 is 0 Å². The Morgan fingerprint density at radius 1 is 0.217 bits per heavy atom. The van der Waals surface area contributed by atoms with Crippen molar-refractivity contribution >= 4 is 121 Å². The van der Waals surface area contributed by atoms with Crippen LogP contribution in [-0.2, 0) is 5.41 Å². The molecule has 0 saturated heterocycles. The highest BCUT2D eigenvalue weighted by Gasteiger charge is 2.52. The molecule has 1 spiro atoms. The second kappa shape index (κ2) is 19.4. The lowest BCUT2D eigenvalue weighted by molar-refractivity contribution is 0.749. The molecule has 4 heterocycles. The Morgan fingerprint density at radius 3 is 1.11 bits per heavy atom. The van der Waals surface area contributed by atoms with E-state index in [0.717, 1.165) is 56.5 Å². The first-order chi connectivity index (χ1) is 45.7. The van der Waals surface area contributed by atoms with E-state index in [2.05, 4.69) is 357 Å². The molecule has 18 aromatic rings. The van der Waals surface area contributed by atoms with Crippen LogP contribution in [0.3, 0.4) is 0 Å². The number of para-hydroxylation sites is 7. The first-order valence-corrected chi connectivity index (χ1v) is 31.8. The van der Waals surface area contributed by atoms with Crippen LogP contribution in [0.4, 0.5) is 34.1 Å². The van der Waals surface area contributed by atoms with Crippen molar-refractivity contribution in [1.29, 1.82) is 0 Å². The molecule has 0 fully saturated rings. The molecule has 1 aliphatic carbocycles. The summed E-state index contributed by atoms with van der Waals surface area (Å²) in [5, 5.41) is 12.1. The van der Waals surface area contributed by atoms with Crippen LogP contribution in [0.15, 0.2) is 334 Å². The lowest BCUT2D eigenvalue weighted by atomic mass is 9.65. The Labute approximate surface area is 531 Å². The first-order valence-electron chi connectivity index (χ1n) is 31.8. The van der Waals surface area contributed by atoms with Crippen molar-refractivity contribution in [1.82, 2.24) is 13.7 Å². The Morgan fingerprint density at radius 2 is 0.598 bits per heavy atom. The molecule has 0 saturated carbocycles. The largest absolute Gasteiger partial charge is 0.310 e. The number of fused-ring (bicyclic) bond motifs is 22. The standard InChI is InChI=1S/C87H55N5/c1-5-25-58(26-6-1)88(62-43-48-80-70(51-62)68-35-17-20-38-78(68)90(80)60-29-9-3-10-30-60)63-45-50-82-72(53-63)73-54-65(89(59-27-7-2-8-28-59)64-44-49-81-71(52-64)69-36-18-21-39-79(69)91(81)61-31-11-4-12-32-61)55-77-86(73)92(82)83-40-22-19-37-74(83)87(77)75-46-41-56-23-13-15-33-66(56)84(75)85-67-34-16-14-24-57(67)42-47-76(85)87/h1-55H. The first kappa shape index (κ1) is 50.8. The molecular weight excluding hydrogens is 1110 g/mol. The van der Waals surface area contributed by atoms with Gasteiger partial charge in [-0.05, 0) is 188 Å². The fourth-order valence-corrected chi connectivity index (χ4v) is 16.4. The summed E-state index contributed by atoms with van der Waals surface area (Å²) in [4.78, 5) is 4.97. The van der Waals surface area contributed by atoms with Gasteiger partial charge in [0.05, 0.1) is 44.2 Å². The molecule has 2 aliphatic rings. The predicted octanol–water partition coefficient (Wildman–Crippen LogP) is 22.9. The zero-order chi connectivity index (χ0) is 60.2. The maximum atomic E-state index is 2.60. The van der Waals surface area contributed by atoms with Gasteiger partial charge in [0.15, 0.2) is 0 Å². The molecule has 428 valence electrons. The Bertz CT molecular complexity index is 5990. The van der Waals surface area contributed by atoms with Crippen molar-refractivity contribution in [2.75, 3.05) is 9.80 Å². The number of hydrogen-bond acceptors (Lipinski definition) is 2. The maximum Gasteiger partial charge on any atom is 0.0755 e. The highest BCUT2D eigenvalue weighted by molar-refractivity contribution is 6.19. The van der Waals surface area contributed by atoms with Crippen LogP contribution in [0.2, 0.25) is 0 Å². The summed E-state index contributed by atoms with van der Waals surface area (Å²) in [6.45, 7) is 0. The molecule has 0 bridgehead atoms. The highest BCUT2D eigenvalue weighted by atomic mass is 15.2. The van der Waals surface area contributed by atoms with Gasteiger partial charge in [-0.2, -0.15) is 0 Å². The monoisotopic (exact) mass is 1170 g/mol. The fourth-order valence-electron chi connectivity index (χ4n) is 16.4. The molecule has 92 heavy (non-hydrogen) atoms. The van der Waals surface area contributed by atoms with Crippen molar-refractivity contribution in [3.63, 3.8) is 0 Å². The molecular formula is C87H55N5. The lowest BCUT2D eigenvalue weighted by Crippen LogP contribution is -2.33. The molecule has 15 aromatic carbocycles. The number of hydrogen-bond donors (Lipinski definition) is 0. The van der Waals surface area contributed by atoms with Gasteiger partial charge in [-0.25, -0.2) is 0 Å². The Balaban J connectivity index is 0.906. The molecule has 0 N–H and O–H groups in total. The number of nitrogens with zero attached hydrogens (tertiary/aromatic N) is 5. The molecule has 0 atom stereocenters. The molecule has 3 aromatic heterocycles. The van der Waals surface area contributed by atoms with E-state index in [1.165, 1.54) is 115 Å². The minimum Gasteiger partial charge on any atom is -0.310 e. The van der Waals surface area contributed by atoms with Crippen LogP contribution in [0.5, 0.6) is 0 Å². The molecule has 1 aliphatic heterocycles. The van der Waals surface area contributed by atoms with Gasteiger partial charge in [0.1, 0.15) is 0 Å². The summed E-state index contributed by atoms with van der Waals surface area (Å²) in [6, 6.07) is 125. The van der Waals surface area contributed by atoms with E-state index in [1.807, 2.05) is 0 Å². The van der Waals surface area contributed by atoms with Crippen LogP contribution < -0.4 is 9.80 Å². The van der Waals surface area contributed by atoms with Crippen LogP contribution in [0.1, 0.15) is 22.3 Å². The van der Waals surface area contributed by atoms with Crippen molar-refractivity contribution < 1.29 is 0 Å². The molecule has 0 amide bonds. The van der Waals surface area contributed by atoms with Gasteiger partial charge in [-0.3, -0.25) is 0 Å². The fraction of sp³-hybridized carbons (Fsp3) is 0.0115. The quantitative estimate of drug-likeness (QED) is 0.151. The molecule has 20 rings (SSSR count). The average Bonchev–Trinajstić information content (AvgIpc) is 1.47. The highest BCUT2D eigenvalue weighted by Crippen LogP contribution is 2.64. The van der Waals surface area contributed by atoms with Crippen LogP contribution in [0.25, 0.3) is 115 Å². The summed E-state index contributed by atoms with van der Waals surface area (Å²) in [5.41, 5.74) is 23.9. The van der Waals surface area contributed by atoms with Gasteiger partial charge in [-0.15, -0.1) is 0 Å². The smallest absolute Gasteiger partial charge is 0.0755 e. The van der Waals surface area contributed by atoms with Gasteiger partial charge in [0, 0.05) is 77.8 Å². The molecule has 5 nitrogen and oxygen atoms in total. The van der Waals surface area contributed by atoms with E-state index in [-0.39, 0.29) is 0 Å². The number of aromatic nitrogens is 3. The Hall–Kier alpha value is -12.2. The van der Waals surface area contributed by atoms with Crippen molar-refractivity contribution in [2.45, 2.75) is 5.41 Å². The van der Waals surface area contributed by atoms with E-state index in [4.69, 9.17) is 0 Å². The van der Waals surface area contributed by atoms with Gasteiger partial charge in [0.25, 0.3) is 0 Å². The van der Waals surface area contributed by atoms with E-state index in [9.17, 15) is 0 Å². The second-order valence-electron chi connectivity index (χ2n) is 24.7. The van der Waals surface area contributed by atoms with Crippen LogP contribution in [0, 0.1) is 0 Å². The van der Waals surface area contributed by atoms with Crippen LogP contribution in [-0.4, -0.2) is 13.7 Å². The number of rotatable bonds is 8. The van der Waals surface area contributed by atoms with E-state index >= 15 is 0 Å². The normalized spacial score (nSPS) is 12.9. The number of anilines is 6. The summed E-state index contributed by atoms with van der Waals surface area (Å²) < 4.78 is 7.41. The third-order valence-corrected chi connectivity index (χ3v) is 20.1. The van der Waals surface area contributed by atoms with Gasteiger partial charge in [0.2, 0.25) is 0 Å². The maximum absolute atomic E-state index is 2.60. The molecule has 0 unspecified atom stereocenters. The van der Waals surface area contributed by atoms with Crippen molar-refractivity contribution in [3.8, 4) is 28.2 Å². The van der Waals surface area contributed by atoms with Crippen LogP contribution >= 0.6 is 0 Å². The summed E-state index contributed by atoms with van der Waals surface area (Å²) in [6.07, 6.45) is 0. The zero-order valence-corrected chi connectivity index (χ0v) is 50.0. The SMILES string of the molecule is c1ccc(N(c2ccc3c(c2)c2ccccc2n3-c2ccccc2)c2ccc3c(c2)c2cc(N(c4ccccc4)c4ccc5c(c4)c4ccccc4n5-c4ccccc4)cc4c2n3-c2ccccc2C42c3ccc4ccccc4c3-c3c2ccc2ccccc32)cc1. The minimum absolute atomic E-state index is 0.753. The summed E-state index contributed by atoms with van der Waals surface area (Å²) in [7, 11) is 0. The molecule has 5 heteroatoms. The van der Waals surface area contributed by atoms with Gasteiger partial charge < -0.3 is 23.5 Å². The van der Waals surface area contributed by atoms with Crippen molar-refractivity contribution in [2.24, 2.45) is 0 Å². The second-order valence-corrected chi connectivity index (χ2v) is 24.7. The topological polar surface area (TPSA) is 21.3 Å². The Kier molecular flexibility index (Phi) is 10.7. The summed E-state index contributed by atoms with van der Waals surface area (Å²) in [5.74, 6) is 0. The number of benzene rings is 15. The summed E-state index contributed by atoms with van der Waals surface area (Å²) >= 11 is 0. The third kappa shape index (κ3) is 7.02. The predicted molar refractivity (Wildman–Crippen MR) is 385 cm³/mol. The lowest BCUT2D eigenvalue weighted by Gasteiger charge is -2.40. The van der Waals surface area contributed by atoms with E-state index < -0.39 is 5.41 Å². The zero-order valence-electron chi connectivity index (χ0n) is 50.0. The minimum atomic E-state index is -0.753. The van der Waals surface area contributed by atoms with E-state index in [0.29, 0.717) is 0 Å². The average molecular weight is 1170 g/mol. The van der Waals surface area contributed by atoms with E-state index in [1.54, 1.807) is 0 Å². The van der Waals surface area contributed by atoms with Crippen molar-refractivity contribution in [3.05, 3.63) is 356 Å². The third-order valence-electron chi connectivity index (χ3n) is 20.1. The van der Waals surface area contributed by atoms with Gasteiger partial charge in [-0.1, -0.05) is 200 Å². The molecule has 0 radical (unpaired) electrons.